The van der Waals surface area contributed by atoms with E-state index >= 15 is 0 Å². The number of rotatable bonds is 6. The Balaban J connectivity index is 1.64. The highest BCUT2D eigenvalue weighted by Crippen LogP contribution is 2.15. The standard InChI is InChI=1S/C17H16ClIN2O2S/c18-12-3-9-15(10-4-12)23-11-1-2-16(22)21-17(24)20-14-7-5-13(19)6-8-14/h3-10H,1-2,11H2,(H2,20,21,22,24). The number of benzene rings is 2. The summed E-state index contributed by atoms with van der Waals surface area (Å²) in [6.07, 6.45) is 0.933. The number of carbonyl (C=O) groups excluding carboxylic acids is 1. The summed E-state index contributed by atoms with van der Waals surface area (Å²) in [6, 6.07) is 14.8. The van der Waals surface area contributed by atoms with Gasteiger partial charge in [-0.1, -0.05) is 11.6 Å². The first-order valence-corrected chi connectivity index (χ1v) is 9.14. The number of thiocarbonyl (C=S) groups is 1. The van der Waals surface area contributed by atoms with E-state index in [1.807, 2.05) is 24.3 Å². The van der Waals surface area contributed by atoms with E-state index in [0.29, 0.717) is 29.6 Å². The molecule has 1 amide bonds. The van der Waals surface area contributed by atoms with Gasteiger partial charge in [0, 0.05) is 20.7 Å². The number of nitrogens with one attached hydrogen (secondary N) is 2. The summed E-state index contributed by atoms with van der Waals surface area (Å²) in [4.78, 5) is 11.8. The average molecular weight is 475 g/mol. The van der Waals surface area contributed by atoms with Gasteiger partial charge >= 0.3 is 0 Å². The molecule has 0 unspecified atom stereocenters. The van der Waals surface area contributed by atoms with Gasteiger partial charge in [-0.05, 0) is 89.8 Å². The van der Waals surface area contributed by atoms with Crippen molar-refractivity contribution in [3.8, 4) is 5.75 Å². The lowest BCUT2D eigenvalue weighted by atomic mass is 10.3. The number of anilines is 1. The molecule has 2 N–H and O–H groups in total. The minimum atomic E-state index is -0.141. The van der Waals surface area contributed by atoms with E-state index in [2.05, 4.69) is 33.2 Å². The van der Waals surface area contributed by atoms with Gasteiger partial charge in [0.1, 0.15) is 5.75 Å². The monoisotopic (exact) mass is 474 g/mol. The number of ether oxygens (including phenoxy) is 1. The highest BCUT2D eigenvalue weighted by atomic mass is 127. The Hall–Kier alpha value is -1.38. The molecular formula is C17H16ClIN2O2S. The molecule has 24 heavy (non-hydrogen) atoms. The predicted octanol–water partition coefficient (Wildman–Crippen LogP) is 4.62. The molecule has 0 aromatic heterocycles. The topological polar surface area (TPSA) is 50.4 Å². The van der Waals surface area contributed by atoms with Crippen molar-refractivity contribution in [3.63, 3.8) is 0 Å². The first-order chi connectivity index (χ1) is 11.5. The Morgan fingerprint density at radius 1 is 1.12 bits per heavy atom. The van der Waals surface area contributed by atoms with Crippen LogP contribution in [0.4, 0.5) is 5.69 Å². The zero-order chi connectivity index (χ0) is 17.4. The molecule has 0 aliphatic rings. The predicted molar refractivity (Wildman–Crippen MR) is 110 cm³/mol. The first-order valence-electron chi connectivity index (χ1n) is 7.28. The fourth-order valence-electron chi connectivity index (χ4n) is 1.84. The van der Waals surface area contributed by atoms with E-state index in [4.69, 9.17) is 28.6 Å². The lowest BCUT2D eigenvalue weighted by Crippen LogP contribution is -2.34. The maximum atomic E-state index is 11.8. The van der Waals surface area contributed by atoms with Gasteiger partial charge in [-0.3, -0.25) is 4.79 Å². The van der Waals surface area contributed by atoms with Crippen molar-refractivity contribution in [2.75, 3.05) is 11.9 Å². The third kappa shape index (κ3) is 7.02. The van der Waals surface area contributed by atoms with E-state index in [0.717, 1.165) is 15.0 Å². The van der Waals surface area contributed by atoms with Crippen molar-refractivity contribution in [3.05, 3.63) is 57.1 Å². The first kappa shape index (κ1) is 19.0. The van der Waals surface area contributed by atoms with E-state index in [1.165, 1.54) is 0 Å². The molecule has 0 atom stereocenters. The molecule has 4 nitrogen and oxygen atoms in total. The zero-order valence-corrected chi connectivity index (χ0v) is 16.5. The van der Waals surface area contributed by atoms with Crippen molar-refractivity contribution < 1.29 is 9.53 Å². The third-order valence-electron chi connectivity index (χ3n) is 2.99. The molecule has 0 saturated carbocycles. The fourth-order valence-corrected chi connectivity index (χ4v) is 2.56. The van der Waals surface area contributed by atoms with Gasteiger partial charge in [0.25, 0.3) is 0 Å². The molecule has 7 heteroatoms. The van der Waals surface area contributed by atoms with Crippen LogP contribution in [0, 0.1) is 3.57 Å². The fraction of sp³-hybridized carbons (Fsp3) is 0.176. The molecule has 0 fully saturated rings. The van der Waals surface area contributed by atoms with Crippen molar-refractivity contribution in [2.24, 2.45) is 0 Å². The Labute approximate surface area is 165 Å². The van der Waals surface area contributed by atoms with Crippen LogP contribution >= 0.6 is 46.4 Å². The Kier molecular flexibility index (Phi) is 7.74. The van der Waals surface area contributed by atoms with Crippen molar-refractivity contribution in [2.45, 2.75) is 12.8 Å². The summed E-state index contributed by atoms with van der Waals surface area (Å²) in [7, 11) is 0. The Morgan fingerprint density at radius 2 is 1.79 bits per heavy atom. The molecule has 0 heterocycles. The third-order valence-corrected chi connectivity index (χ3v) is 4.16. The minimum Gasteiger partial charge on any atom is -0.494 e. The quantitative estimate of drug-likeness (QED) is 0.364. The van der Waals surface area contributed by atoms with Gasteiger partial charge in [-0.25, -0.2) is 0 Å². The number of carbonyl (C=O) groups is 1. The van der Waals surface area contributed by atoms with Gasteiger partial charge in [-0.15, -0.1) is 0 Å². The average Bonchev–Trinajstić information content (AvgIpc) is 2.55. The van der Waals surface area contributed by atoms with Gasteiger partial charge in [-0.2, -0.15) is 0 Å². The van der Waals surface area contributed by atoms with Crippen molar-refractivity contribution in [1.82, 2.24) is 5.32 Å². The lowest BCUT2D eigenvalue weighted by molar-refractivity contribution is -0.119. The van der Waals surface area contributed by atoms with Crippen LogP contribution < -0.4 is 15.4 Å². The highest BCUT2D eigenvalue weighted by Gasteiger charge is 2.05. The molecule has 2 aromatic rings. The summed E-state index contributed by atoms with van der Waals surface area (Å²) < 4.78 is 6.67. The van der Waals surface area contributed by atoms with Crippen molar-refractivity contribution >= 4 is 63.1 Å². The highest BCUT2D eigenvalue weighted by molar-refractivity contribution is 14.1. The largest absolute Gasteiger partial charge is 0.494 e. The molecule has 0 aliphatic heterocycles. The van der Waals surface area contributed by atoms with Crippen LogP contribution in [0.3, 0.4) is 0 Å². The molecular weight excluding hydrogens is 459 g/mol. The molecule has 0 bridgehead atoms. The number of hydrogen-bond acceptors (Lipinski definition) is 3. The van der Waals surface area contributed by atoms with Gasteiger partial charge in [0.2, 0.25) is 5.91 Å². The molecule has 0 spiro atoms. The molecule has 2 aromatic carbocycles. The molecule has 0 aliphatic carbocycles. The summed E-state index contributed by atoms with van der Waals surface area (Å²) in [5.74, 6) is 0.591. The second kappa shape index (κ2) is 9.80. The maximum Gasteiger partial charge on any atom is 0.226 e. The van der Waals surface area contributed by atoms with Crippen LogP contribution in [0.5, 0.6) is 5.75 Å². The second-order valence-electron chi connectivity index (χ2n) is 4.92. The van der Waals surface area contributed by atoms with Crippen molar-refractivity contribution in [1.29, 1.82) is 0 Å². The molecule has 0 saturated heterocycles. The Morgan fingerprint density at radius 3 is 2.46 bits per heavy atom. The van der Waals surface area contributed by atoms with Crippen LogP contribution in [0.1, 0.15) is 12.8 Å². The number of hydrogen-bond donors (Lipinski definition) is 2. The second-order valence-corrected chi connectivity index (χ2v) is 7.01. The lowest BCUT2D eigenvalue weighted by Gasteiger charge is -2.10. The van der Waals surface area contributed by atoms with Gasteiger partial charge in [0.15, 0.2) is 5.11 Å². The van der Waals surface area contributed by atoms with Crippen LogP contribution in [-0.4, -0.2) is 17.6 Å². The van der Waals surface area contributed by atoms with Gasteiger partial charge < -0.3 is 15.4 Å². The summed E-state index contributed by atoms with van der Waals surface area (Å²) in [5.41, 5.74) is 0.840. The van der Waals surface area contributed by atoms with Gasteiger partial charge in [0.05, 0.1) is 6.61 Å². The summed E-state index contributed by atoms with van der Waals surface area (Å²) in [5, 5.41) is 6.58. The zero-order valence-electron chi connectivity index (χ0n) is 12.7. The normalized spacial score (nSPS) is 10.1. The van der Waals surface area contributed by atoms with E-state index in [9.17, 15) is 4.79 Å². The van der Waals surface area contributed by atoms with E-state index in [-0.39, 0.29) is 5.91 Å². The Bertz CT molecular complexity index is 693. The molecule has 0 radical (unpaired) electrons. The number of amides is 1. The van der Waals surface area contributed by atoms with Crippen LogP contribution in [0.2, 0.25) is 5.02 Å². The molecule has 2 rings (SSSR count). The smallest absolute Gasteiger partial charge is 0.226 e. The minimum absolute atomic E-state index is 0.141. The van der Waals surface area contributed by atoms with E-state index in [1.54, 1.807) is 24.3 Å². The summed E-state index contributed by atoms with van der Waals surface area (Å²) >= 11 is 13.2. The van der Waals surface area contributed by atoms with Crippen LogP contribution in [0.25, 0.3) is 0 Å². The molecule has 126 valence electrons. The van der Waals surface area contributed by atoms with E-state index < -0.39 is 0 Å². The summed E-state index contributed by atoms with van der Waals surface area (Å²) in [6.45, 7) is 0.451. The SMILES string of the molecule is O=C(CCCOc1ccc(Cl)cc1)NC(=S)Nc1ccc(I)cc1. The maximum absolute atomic E-state index is 11.8. The van der Waals surface area contributed by atoms with Crippen LogP contribution in [-0.2, 0) is 4.79 Å². The van der Waals surface area contributed by atoms with Crippen LogP contribution in [0.15, 0.2) is 48.5 Å². The number of halogens is 2.